The molecule has 3 heteroatoms. The Morgan fingerprint density at radius 3 is 2.47 bits per heavy atom. The van der Waals surface area contributed by atoms with E-state index in [-0.39, 0.29) is 0 Å². The van der Waals surface area contributed by atoms with E-state index in [1.807, 2.05) is 22.4 Å². The van der Waals surface area contributed by atoms with Gasteiger partial charge in [-0.2, -0.15) is 0 Å². The summed E-state index contributed by atoms with van der Waals surface area (Å²) in [6.45, 7) is 1.87. The largest absolute Gasteiger partial charge is 0.342 e. The number of nitrogens with zero attached hydrogens (tertiary/aromatic N) is 1. The van der Waals surface area contributed by atoms with Crippen LogP contribution in [0.5, 0.6) is 0 Å². The Morgan fingerprint density at radius 2 is 1.88 bits per heavy atom. The van der Waals surface area contributed by atoms with Gasteiger partial charge in [0.15, 0.2) is 0 Å². The van der Waals surface area contributed by atoms with Crippen LogP contribution in [0.1, 0.15) is 30.6 Å². The van der Waals surface area contributed by atoms with Gasteiger partial charge in [-0.15, -0.1) is 11.3 Å². The molecule has 0 spiro atoms. The lowest BCUT2D eigenvalue weighted by Gasteiger charge is -2.28. The highest BCUT2D eigenvalue weighted by Gasteiger charge is 2.24. The second-order valence-corrected chi connectivity index (χ2v) is 5.88. The molecule has 90 valence electrons. The van der Waals surface area contributed by atoms with Crippen molar-refractivity contribution in [3.63, 3.8) is 0 Å². The molecule has 2 aliphatic rings. The number of amides is 1. The van der Waals surface area contributed by atoms with E-state index < -0.39 is 0 Å². The predicted octanol–water partition coefficient (Wildman–Crippen LogP) is 3.00. The van der Waals surface area contributed by atoms with E-state index >= 15 is 0 Å². The summed E-state index contributed by atoms with van der Waals surface area (Å²) in [5.41, 5.74) is 3.32. The van der Waals surface area contributed by atoms with Crippen molar-refractivity contribution in [2.75, 3.05) is 13.1 Å². The van der Waals surface area contributed by atoms with Crippen LogP contribution in [0.4, 0.5) is 0 Å². The van der Waals surface area contributed by atoms with E-state index in [1.54, 1.807) is 22.5 Å². The number of hydrogen-bond acceptors (Lipinski definition) is 2. The third-order valence-corrected chi connectivity index (χ3v) is 4.50. The van der Waals surface area contributed by atoms with Gasteiger partial charge in [0.05, 0.1) is 6.42 Å². The smallest absolute Gasteiger partial charge is 0.227 e. The molecule has 3 rings (SSSR count). The van der Waals surface area contributed by atoms with Crippen molar-refractivity contribution in [3.05, 3.63) is 33.5 Å². The molecule has 1 saturated carbocycles. The number of piperidine rings is 1. The quantitative estimate of drug-likeness (QED) is 0.736. The maximum atomic E-state index is 12.1. The fraction of sp³-hybridized carbons (Fsp3) is 0.500. The highest BCUT2D eigenvalue weighted by molar-refractivity contribution is 7.10. The zero-order valence-electron chi connectivity index (χ0n) is 9.95. The lowest BCUT2D eigenvalue weighted by molar-refractivity contribution is -0.130. The summed E-state index contributed by atoms with van der Waals surface area (Å²) >= 11 is 1.67. The fourth-order valence-electron chi connectivity index (χ4n) is 2.47. The molecule has 0 aromatic carbocycles. The molecule has 2 nitrogen and oxygen atoms in total. The molecule has 1 amide bonds. The van der Waals surface area contributed by atoms with Crippen molar-refractivity contribution in [2.45, 2.75) is 32.1 Å². The van der Waals surface area contributed by atoms with Gasteiger partial charge in [-0.3, -0.25) is 4.79 Å². The van der Waals surface area contributed by atoms with Crippen LogP contribution in [-0.2, 0) is 11.2 Å². The van der Waals surface area contributed by atoms with Gasteiger partial charge in [-0.05, 0) is 37.1 Å². The lowest BCUT2D eigenvalue weighted by atomic mass is 10.0. The Balaban J connectivity index is 1.55. The number of carbonyl (C=O) groups is 1. The van der Waals surface area contributed by atoms with Crippen LogP contribution in [0.15, 0.2) is 28.7 Å². The second kappa shape index (κ2) is 4.65. The van der Waals surface area contributed by atoms with Crippen LogP contribution in [-0.4, -0.2) is 23.9 Å². The zero-order valence-corrected chi connectivity index (χ0v) is 10.8. The number of carbonyl (C=O) groups excluding carboxylic acids is 1. The van der Waals surface area contributed by atoms with Gasteiger partial charge in [0.1, 0.15) is 0 Å². The van der Waals surface area contributed by atoms with E-state index in [9.17, 15) is 4.79 Å². The molecule has 17 heavy (non-hydrogen) atoms. The first-order valence-corrected chi connectivity index (χ1v) is 7.21. The maximum Gasteiger partial charge on any atom is 0.227 e. The van der Waals surface area contributed by atoms with Gasteiger partial charge in [-0.1, -0.05) is 17.2 Å². The second-order valence-electron chi connectivity index (χ2n) is 4.84. The van der Waals surface area contributed by atoms with Crippen molar-refractivity contribution >= 4 is 17.2 Å². The van der Waals surface area contributed by atoms with E-state index in [4.69, 9.17) is 0 Å². The van der Waals surface area contributed by atoms with E-state index in [1.165, 1.54) is 17.7 Å². The van der Waals surface area contributed by atoms with E-state index in [0.29, 0.717) is 12.3 Å². The molecule has 2 fully saturated rings. The SMILES string of the molecule is O=C(Cc1cccs1)N1CCC(=C2CC2)CC1. The zero-order chi connectivity index (χ0) is 11.7. The summed E-state index contributed by atoms with van der Waals surface area (Å²) in [5, 5.41) is 2.04. The Bertz CT molecular complexity index is 431. The third kappa shape index (κ3) is 2.60. The maximum absolute atomic E-state index is 12.1. The minimum absolute atomic E-state index is 0.298. The van der Waals surface area contributed by atoms with E-state index in [0.717, 1.165) is 25.9 Å². The Labute approximate surface area is 106 Å². The van der Waals surface area contributed by atoms with Crippen LogP contribution in [0.2, 0.25) is 0 Å². The monoisotopic (exact) mass is 247 g/mol. The van der Waals surface area contributed by atoms with Crippen LogP contribution in [0, 0.1) is 0 Å². The molecule has 0 unspecified atom stereocenters. The van der Waals surface area contributed by atoms with Gasteiger partial charge in [0.25, 0.3) is 0 Å². The number of hydrogen-bond donors (Lipinski definition) is 0. The van der Waals surface area contributed by atoms with E-state index in [2.05, 4.69) is 0 Å². The van der Waals surface area contributed by atoms with Gasteiger partial charge in [0.2, 0.25) is 5.91 Å². The molecular weight excluding hydrogens is 230 g/mol. The van der Waals surface area contributed by atoms with Crippen molar-refractivity contribution in [1.82, 2.24) is 4.90 Å². The average Bonchev–Trinajstić information content (AvgIpc) is 3.09. The van der Waals surface area contributed by atoms with Crippen molar-refractivity contribution in [3.8, 4) is 0 Å². The minimum Gasteiger partial charge on any atom is -0.342 e. The fourth-order valence-corrected chi connectivity index (χ4v) is 3.17. The van der Waals surface area contributed by atoms with Crippen molar-refractivity contribution < 1.29 is 4.79 Å². The number of thiophene rings is 1. The Hall–Kier alpha value is -1.09. The topological polar surface area (TPSA) is 20.3 Å². The molecule has 0 bridgehead atoms. The molecular formula is C14H17NOS. The number of likely N-dealkylation sites (tertiary alicyclic amines) is 1. The first-order chi connectivity index (χ1) is 8.33. The van der Waals surface area contributed by atoms with Crippen LogP contribution in [0.3, 0.4) is 0 Å². The molecule has 2 heterocycles. The van der Waals surface area contributed by atoms with Crippen LogP contribution in [0.25, 0.3) is 0 Å². The highest BCUT2D eigenvalue weighted by atomic mass is 32.1. The number of allylic oxidation sites excluding steroid dienone is 1. The van der Waals surface area contributed by atoms with Crippen LogP contribution < -0.4 is 0 Å². The molecule has 1 saturated heterocycles. The normalized spacial score (nSPS) is 19.6. The summed E-state index contributed by atoms with van der Waals surface area (Å²) in [7, 11) is 0. The minimum atomic E-state index is 0.298. The first-order valence-electron chi connectivity index (χ1n) is 6.33. The summed E-state index contributed by atoms with van der Waals surface area (Å²) in [6.07, 6.45) is 5.46. The van der Waals surface area contributed by atoms with Gasteiger partial charge >= 0.3 is 0 Å². The molecule has 0 radical (unpaired) electrons. The van der Waals surface area contributed by atoms with Crippen LogP contribution >= 0.6 is 11.3 Å². The molecule has 1 aromatic heterocycles. The third-order valence-electron chi connectivity index (χ3n) is 3.63. The molecule has 1 aliphatic carbocycles. The summed E-state index contributed by atoms with van der Waals surface area (Å²) in [5.74, 6) is 0.298. The average molecular weight is 247 g/mol. The molecule has 0 N–H and O–H groups in total. The summed E-state index contributed by atoms with van der Waals surface area (Å²) in [6, 6.07) is 4.06. The van der Waals surface area contributed by atoms with Gasteiger partial charge in [0, 0.05) is 18.0 Å². The molecule has 1 aromatic rings. The predicted molar refractivity (Wildman–Crippen MR) is 70.1 cm³/mol. The highest BCUT2D eigenvalue weighted by Crippen LogP contribution is 2.36. The number of rotatable bonds is 2. The molecule has 0 atom stereocenters. The van der Waals surface area contributed by atoms with Crippen molar-refractivity contribution in [1.29, 1.82) is 0 Å². The first kappa shape index (κ1) is 11.0. The van der Waals surface area contributed by atoms with Gasteiger partial charge in [-0.25, -0.2) is 0 Å². The van der Waals surface area contributed by atoms with Gasteiger partial charge < -0.3 is 4.90 Å². The summed E-state index contributed by atoms with van der Waals surface area (Å²) in [4.78, 5) is 15.3. The summed E-state index contributed by atoms with van der Waals surface area (Å²) < 4.78 is 0. The Morgan fingerprint density at radius 1 is 1.18 bits per heavy atom. The molecule has 1 aliphatic heterocycles. The standard InChI is InChI=1S/C14H17NOS/c16-14(10-13-2-1-9-17-13)15-7-5-12(6-8-15)11-3-4-11/h1-2,9H,3-8,10H2. The van der Waals surface area contributed by atoms with Crippen molar-refractivity contribution in [2.24, 2.45) is 0 Å². The Kier molecular flexibility index (Phi) is 3.02. The lowest BCUT2D eigenvalue weighted by Crippen LogP contribution is -2.37.